The number of nitrogens with zero attached hydrogens (tertiary/aromatic N) is 4. The van der Waals surface area contributed by atoms with Crippen LogP contribution in [-0.4, -0.2) is 32.8 Å². The molecule has 2 aromatic heterocycles. The van der Waals surface area contributed by atoms with Gasteiger partial charge in [0.05, 0.1) is 23.9 Å². The van der Waals surface area contributed by atoms with Crippen molar-refractivity contribution in [2.75, 3.05) is 12.4 Å². The molecule has 0 saturated heterocycles. The van der Waals surface area contributed by atoms with E-state index < -0.39 is 0 Å². The first-order valence-electron chi connectivity index (χ1n) is 12.6. The Hall–Kier alpha value is -4.52. The van der Waals surface area contributed by atoms with Crippen LogP contribution in [0.25, 0.3) is 33.5 Å². The van der Waals surface area contributed by atoms with Crippen LogP contribution in [0.5, 0.6) is 5.75 Å². The molecular weight excluding hydrogens is 462 g/mol. The van der Waals surface area contributed by atoms with E-state index in [0.717, 1.165) is 76.6 Å². The van der Waals surface area contributed by atoms with E-state index in [4.69, 9.17) is 9.72 Å². The second-order valence-electron chi connectivity index (χ2n) is 9.23. The standard InChI is InChI=1S/C30H27N5O2/c1-37-23-16-12-20(13-17-23)27-19-25(24-7-4-5-8-26(24)32-27)30(36)31-22-14-10-21(11-15-22)29-34-33-28-9-3-2-6-18-35(28)29/h4-5,7-8,10-17,19H,2-3,6,9,18H2,1H3,(H,31,36). The van der Waals surface area contributed by atoms with Gasteiger partial charge in [-0.3, -0.25) is 4.79 Å². The molecule has 0 bridgehead atoms. The topological polar surface area (TPSA) is 81.9 Å². The van der Waals surface area contributed by atoms with E-state index in [1.54, 1.807) is 7.11 Å². The molecule has 1 amide bonds. The number of rotatable bonds is 5. The molecule has 0 aliphatic carbocycles. The number of hydrogen-bond acceptors (Lipinski definition) is 5. The van der Waals surface area contributed by atoms with Crippen molar-refractivity contribution in [3.05, 3.63) is 90.3 Å². The Bertz CT molecular complexity index is 1570. The van der Waals surface area contributed by atoms with Crippen LogP contribution in [0.15, 0.2) is 78.9 Å². The SMILES string of the molecule is COc1ccc(-c2cc(C(=O)Nc3ccc(-c4nnc5n4CCCCC5)cc3)c3ccccc3n2)cc1. The molecule has 0 saturated carbocycles. The number of fused-ring (bicyclic) bond motifs is 2. The molecule has 0 spiro atoms. The maximum atomic E-state index is 13.5. The summed E-state index contributed by atoms with van der Waals surface area (Å²) in [5.74, 6) is 2.53. The number of pyridine rings is 1. The summed E-state index contributed by atoms with van der Waals surface area (Å²) in [6, 6.07) is 25.0. The number of nitrogens with one attached hydrogen (secondary N) is 1. The molecule has 3 aromatic carbocycles. The summed E-state index contributed by atoms with van der Waals surface area (Å²) in [6.07, 6.45) is 4.49. The number of aryl methyl sites for hydroxylation is 1. The summed E-state index contributed by atoms with van der Waals surface area (Å²) in [5.41, 5.74) is 4.70. The zero-order valence-electron chi connectivity index (χ0n) is 20.6. The smallest absolute Gasteiger partial charge is 0.256 e. The van der Waals surface area contributed by atoms with Crippen LogP contribution >= 0.6 is 0 Å². The molecule has 0 fully saturated rings. The van der Waals surface area contributed by atoms with Crippen LogP contribution in [0.4, 0.5) is 5.69 Å². The van der Waals surface area contributed by atoms with Crippen molar-refractivity contribution in [1.29, 1.82) is 0 Å². The van der Waals surface area contributed by atoms with Crippen molar-refractivity contribution >= 4 is 22.5 Å². The molecule has 0 unspecified atom stereocenters. The fourth-order valence-corrected chi connectivity index (χ4v) is 4.87. The van der Waals surface area contributed by atoms with Gasteiger partial charge in [-0.2, -0.15) is 0 Å². The molecule has 3 heterocycles. The minimum Gasteiger partial charge on any atom is -0.497 e. The summed E-state index contributed by atoms with van der Waals surface area (Å²) in [7, 11) is 1.64. The van der Waals surface area contributed by atoms with Crippen molar-refractivity contribution in [2.45, 2.75) is 32.2 Å². The van der Waals surface area contributed by atoms with Crippen molar-refractivity contribution < 1.29 is 9.53 Å². The first-order chi connectivity index (χ1) is 18.2. The minimum atomic E-state index is -0.183. The highest BCUT2D eigenvalue weighted by molar-refractivity contribution is 6.13. The van der Waals surface area contributed by atoms with Gasteiger partial charge in [-0.05, 0) is 73.5 Å². The van der Waals surface area contributed by atoms with Gasteiger partial charge in [0.25, 0.3) is 5.91 Å². The number of aromatic nitrogens is 4. The van der Waals surface area contributed by atoms with Gasteiger partial charge in [0, 0.05) is 35.2 Å². The highest BCUT2D eigenvalue weighted by Gasteiger charge is 2.17. The van der Waals surface area contributed by atoms with Crippen molar-refractivity contribution in [2.24, 2.45) is 0 Å². The largest absolute Gasteiger partial charge is 0.497 e. The number of anilines is 1. The zero-order chi connectivity index (χ0) is 25.2. The number of para-hydroxylation sites is 1. The quantitative estimate of drug-likeness (QED) is 0.320. The number of hydrogen-bond donors (Lipinski definition) is 1. The molecule has 7 heteroatoms. The number of ether oxygens (including phenoxy) is 1. The Morgan fingerprint density at radius 3 is 2.49 bits per heavy atom. The zero-order valence-corrected chi connectivity index (χ0v) is 20.6. The summed E-state index contributed by atoms with van der Waals surface area (Å²) in [5, 5.41) is 12.7. The Kier molecular flexibility index (Phi) is 6.10. The molecule has 0 atom stereocenters. The monoisotopic (exact) mass is 489 g/mol. The normalized spacial score (nSPS) is 13.1. The van der Waals surface area contributed by atoms with Crippen molar-refractivity contribution in [3.63, 3.8) is 0 Å². The highest BCUT2D eigenvalue weighted by atomic mass is 16.5. The Labute approximate surface area is 215 Å². The third-order valence-corrected chi connectivity index (χ3v) is 6.86. The predicted octanol–water partition coefficient (Wildman–Crippen LogP) is 6.15. The second-order valence-corrected chi connectivity index (χ2v) is 9.23. The maximum absolute atomic E-state index is 13.5. The molecule has 1 N–H and O–H groups in total. The average molecular weight is 490 g/mol. The van der Waals surface area contributed by atoms with Crippen LogP contribution in [0.1, 0.15) is 35.4 Å². The van der Waals surface area contributed by atoms with Gasteiger partial charge >= 0.3 is 0 Å². The molecule has 6 rings (SSSR count). The summed E-state index contributed by atoms with van der Waals surface area (Å²) < 4.78 is 7.50. The lowest BCUT2D eigenvalue weighted by Gasteiger charge is -2.12. The molecule has 7 nitrogen and oxygen atoms in total. The van der Waals surface area contributed by atoms with Gasteiger partial charge in [-0.1, -0.05) is 24.6 Å². The van der Waals surface area contributed by atoms with E-state index in [9.17, 15) is 4.79 Å². The van der Waals surface area contributed by atoms with Gasteiger partial charge in [0.1, 0.15) is 11.6 Å². The first-order valence-corrected chi connectivity index (χ1v) is 12.6. The van der Waals surface area contributed by atoms with Crippen molar-refractivity contribution in [3.8, 4) is 28.4 Å². The van der Waals surface area contributed by atoms with E-state index in [-0.39, 0.29) is 5.91 Å². The number of benzene rings is 3. The lowest BCUT2D eigenvalue weighted by Crippen LogP contribution is -2.13. The Balaban J connectivity index is 1.29. The number of methoxy groups -OCH3 is 1. The van der Waals surface area contributed by atoms with E-state index >= 15 is 0 Å². The lowest BCUT2D eigenvalue weighted by molar-refractivity contribution is 0.102. The molecule has 37 heavy (non-hydrogen) atoms. The van der Waals surface area contributed by atoms with E-state index in [1.165, 1.54) is 6.42 Å². The third kappa shape index (κ3) is 4.56. The first kappa shape index (κ1) is 22.9. The molecule has 0 radical (unpaired) electrons. The number of carbonyl (C=O) groups excluding carboxylic acids is 1. The van der Waals surface area contributed by atoms with Crippen LogP contribution in [0, 0.1) is 0 Å². The van der Waals surface area contributed by atoms with Gasteiger partial charge in [-0.25, -0.2) is 4.98 Å². The third-order valence-electron chi connectivity index (χ3n) is 6.86. The molecule has 184 valence electrons. The molecule has 5 aromatic rings. The predicted molar refractivity (Wildman–Crippen MR) is 145 cm³/mol. The van der Waals surface area contributed by atoms with Crippen LogP contribution in [0.2, 0.25) is 0 Å². The molecule has 1 aliphatic heterocycles. The van der Waals surface area contributed by atoms with E-state index in [1.807, 2.05) is 78.9 Å². The maximum Gasteiger partial charge on any atom is 0.256 e. The van der Waals surface area contributed by atoms with Crippen LogP contribution < -0.4 is 10.1 Å². The van der Waals surface area contributed by atoms with Gasteiger partial charge in [-0.15, -0.1) is 10.2 Å². The summed E-state index contributed by atoms with van der Waals surface area (Å²) in [6.45, 7) is 0.946. The summed E-state index contributed by atoms with van der Waals surface area (Å²) in [4.78, 5) is 18.3. The Morgan fingerprint density at radius 2 is 1.68 bits per heavy atom. The number of carbonyl (C=O) groups is 1. The van der Waals surface area contributed by atoms with Gasteiger partial charge in [0.2, 0.25) is 0 Å². The average Bonchev–Trinajstić information content (AvgIpc) is 3.20. The van der Waals surface area contributed by atoms with E-state index in [2.05, 4.69) is 20.1 Å². The van der Waals surface area contributed by atoms with Gasteiger partial charge in [0.15, 0.2) is 5.82 Å². The molecular formula is C30H27N5O2. The van der Waals surface area contributed by atoms with Crippen LogP contribution in [0.3, 0.4) is 0 Å². The lowest BCUT2D eigenvalue weighted by atomic mass is 10.0. The van der Waals surface area contributed by atoms with Gasteiger partial charge < -0.3 is 14.6 Å². The highest BCUT2D eigenvalue weighted by Crippen LogP contribution is 2.28. The second kappa shape index (κ2) is 9.85. The fraction of sp³-hybridized carbons (Fsp3) is 0.200. The fourth-order valence-electron chi connectivity index (χ4n) is 4.87. The van der Waals surface area contributed by atoms with Crippen LogP contribution in [-0.2, 0) is 13.0 Å². The summed E-state index contributed by atoms with van der Waals surface area (Å²) >= 11 is 0. The van der Waals surface area contributed by atoms with E-state index in [0.29, 0.717) is 5.56 Å². The molecule has 1 aliphatic rings. The number of amides is 1. The minimum absolute atomic E-state index is 0.183. The van der Waals surface area contributed by atoms with Crippen molar-refractivity contribution in [1.82, 2.24) is 19.7 Å². The Morgan fingerprint density at radius 1 is 0.892 bits per heavy atom.